The topological polar surface area (TPSA) is 64.3 Å². The van der Waals surface area contributed by atoms with Gasteiger partial charge in [0.05, 0.1) is 12.6 Å². The molecule has 2 saturated heterocycles. The van der Waals surface area contributed by atoms with Crippen molar-refractivity contribution in [2.45, 2.75) is 45.4 Å². The number of likely N-dealkylation sites (tertiary alicyclic amines) is 1. The minimum atomic E-state index is -0.0294. The number of thiazole rings is 1. The van der Waals surface area contributed by atoms with Crippen LogP contribution in [0.2, 0.25) is 0 Å². The number of ether oxygens (including phenoxy) is 1. The van der Waals surface area contributed by atoms with Crippen molar-refractivity contribution in [1.82, 2.24) is 20.0 Å². The molecular weight excluding hydrogens is 300 g/mol. The van der Waals surface area contributed by atoms with E-state index >= 15 is 0 Å². The Morgan fingerprint density at radius 2 is 2.27 bits per heavy atom. The first-order valence-electron chi connectivity index (χ1n) is 7.76. The van der Waals surface area contributed by atoms with Crippen molar-refractivity contribution in [1.29, 1.82) is 0 Å². The van der Waals surface area contributed by atoms with E-state index in [0.717, 1.165) is 31.7 Å². The number of hydrogen-bond acceptors (Lipinski definition) is 7. The third-order valence-electron chi connectivity index (χ3n) is 4.48. The Balaban J connectivity index is 1.39. The van der Waals surface area contributed by atoms with Gasteiger partial charge < -0.3 is 9.26 Å². The molecule has 0 amide bonds. The molecule has 2 fully saturated rings. The maximum absolute atomic E-state index is 6.18. The largest absolute Gasteiger partial charge is 0.364 e. The number of hydrogen-bond donors (Lipinski definition) is 0. The monoisotopic (exact) mass is 320 g/mol. The van der Waals surface area contributed by atoms with Gasteiger partial charge in [-0.25, -0.2) is 4.98 Å². The fourth-order valence-corrected chi connectivity index (χ4v) is 4.22. The molecule has 2 aliphatic rings. The van der Waals surface area contributed by atoms with Crippen molar-refractivity contribution in [3.05, 3.63) is 27.8 Å². The SMILES string of the molecule is Cc1csc(CN2CC[C@H]3C[C@H](c4nc(C)no4)O[C@@H]3C2)n1. The van der Waals surface area contributed by atoms with Gasteiger partial charge in [0.15, 0.2) is 5.82 Å². The lowest BCUT2D eigenvalue weighted by atomic mass is 9.92. The summed E-state index contributed by atoms with van der Waals surface area (Å²) in [6, 6.07) is 0. The highest BCUT2D eigenvalue weighted by Crippen LogP contribution is 2.40. The molecule has 0 saturated carbocycles. The second-order valence-corrected chi connectivity index (χ2v) is 7.19. The zero-order valence-electron chi connectivity index (χ0n) is 12.9. The Bertz CT molecular complexity index is 656. The third kappa shape index (κ3) is 2.80. The van der Waals surface area contributed by atoms with E-state index < -0.39 is 0 Å². The molecular formula is C15H20N4O2S. The quantitative estimate of drug-likeness (QED) is 0.866. The Morgan fingerprint density at radius 1 is 1.36 bits per heavy atom. The molecule has 0 spiro atoms. The molecule has 22 heavy (non-hydrogen) atoms. The van der Waals surface area contributed by atoms with Crippen molar-refractivity contribution in [3.8, 4) is 0 Å². The number of aromatic nitrogens is 3. The summed E-state index contributed by atoms with van der Waals surface area (Å²) in [4.78, 5) is 11.3. The van der Waals surface area contributed by atoms with Gasteiger partial charge in [-0.3, -0.25) is 4.90 Å². The number of rotatable bonds is 3. The van der Waals surface area contributed by atoms with Crippen LogP contribution in [-0.4, -0.2) is 39.2 Å². The lowest BCUT2D eigenvalue weighted by molar-refractivity contribution is -0.0190. The van der Waals surface area contributed by atoms with E-state index in [-0.39, 0.29) is 12.2 Å². The summed E-state index contributed by atoms with van der Waals surface area (Å²) < 4.78 is 11.5. The molecule has 7 heteroatoms. The first-order valence-corrected chi connectivity index (χ1v) is 8.64. The van der Waals surface area contributed by atoms with Gasteiger partial charge in [0.2, 0.25) is 0 Å². The highest BCUT2D eigenvalue weighted by molar-refractivity contribution is 7.09. The molecule has 0 aliphatic carbocycles. The Labute approximate surface area is 133 Å². The molecule has 6 nitrogen and oxygen atoms in total. The Kier molecular flexibility index (Phi) is 3.71. The Hall–Kier alpha value is -1.31. The van der Waals surface area contributed by atoms with Crippen LogP contribution < -0.4 is 0 Å². The molecule has 0 N–H and O–H groups in total. The fourth-order valence-electron chi connectivity index (χ4n) is 3.41. The molecule has 4 rings (SSSR count). The molecule has 2 aromatic rings. The summed E-state index contributed by atoms with van der Waals surface area (Å²) >= 11 is 1.74. The summed E-state index contributed by atoms with van der Waals surface area (Å²) in [6.07, 6.45) is 2.40. The van der Waals surface area contributed by atoms with Gasteiger partial charge in [-0.1, -0.05) is 5.16 Å². The average molecular weight is 320 g/mol. The molecule has 0 bridgehead atoms. The molecule has 118 valence electrons. The van der Waals surface area contributed by atoms with Crippen molar-refractivity contribution in [3.63, 3.8) is 0 Å². The van der Waals surface area contributed by atoms with Gasteiger partial charge in [-0.15, -0.1) is 11.3 Å². The van der Waals surface area contributed by atoms with Gasteiger partial charge in [0.25, 0.3) is 5.89 Å². The van der Waals surface area contributed by atoms with Crippen LogP contribution >= 0.6 is 11.3 Å². The minimum Gasteiger partial charge on any atom is -0.364 e. The molecule has 0 unspecified atom stereocenters. The lowest BCUT2D eigenvalue weighted by Crippen LogP contribution is -2.41. The van der Waals surface area contributed by atoms with Crippen LogP contribution in [0.4, 0.5) is 0 Å². The van der Waals surface area contributed by atoms with E-state index in [4.69, 9.17) is 9.26 Å². The minimum absolute atomic E-state index is 0.0294. The van der Waals surface area contributed by atoms with E-state index in [0.29, 0.717) is 17.6 Å². The van der Waals surface area contributed by atoms with Crippen LogP contribution in [0.25, 0.3) is 0 Å². The second-order valence-electron chi connectivity index (χ2n) is 6.25. The van der Waals surface area contributed by atoms with E-state index in [1.165, 1.54) is 11.4 Å². The standard InChI is InChI=1S/C15H20N4O2S/c1-9-8-22-14(16-9)7-19-4-3-11-5-12(20-13(11)6-19)15-17-10(2)18-21-15/h8,11-13H,3-7H2,1-2H3/t11-,12+,13+/m0/s1. The first-order chi connectivity index (χ1) is 10.7. The highest BCUT2D eigenvalue weighted by atomic mass is 32.1. The van der Waals surface area contributed by atoms with Crippen LogP contribution in [0.1, 0.15) is 41.4 Å². The highest BCUT2D eigenvalue weighted by Gasteiger charge is 2.41. The Morgan fingerprint density at radius 3 is 3.00 bits per heavy atom. The predicted molar refractivity (Wildman–Crippen MR) is 81.5 cm³/mol. The summed E-state index contributed by atoms with van der Waals surface area (Å²) in [5.41, 5.74) is 1.11. The van der Waals surface area contributed by atoms with Crippen LogP contribution in [0.15, 0.2) is 9.90 Å². The van der Waals surface area contributed by atoms with E-state index in [9.17, 15) is 0 Å². The second kappa shape index (κ2) is 5.72. The van der Waals surface area contributed by atoms with Gasteiger partial charge >= 0.3 is 0 Å². The van der Waals surface area contributed by atoms with Gasteiger partial charge in [0, 0.05) is 17.6 Å². The van der Waals surface area contributed by atoms with E-state index in [1.54, 1.807) is 11.3 Å². The maximum Gasteiger partial charge on any atom is 0.255 e. The average Bonchev–Trinajstić information content (AvgIpc) is 3.18. The van der Waals surface area contributed by atoms with Crippen molar-refractivity contribution in [2.75, 3.05) is 13.1 Å². The zero-order valence-corrected chi connectivity index (χ0v) is 13.7. The number of piperidine rings is 1. The number of aryl methyl sites for hydroxylation is 2. The fraction of sp³-hybridized carbons (Fsp3) is 0.667. The van der Waals surface area contributed by atoms with E-state index in [1.807, 2.05) is 13.8 Å². The lowest BCUT2D eigenvalue weighted by Gasteiger charge is -2.33. The van der Waals surface area contributed by atoms with Gasteiger partial charge in [-0.05, 0) is 39.2 Å². The van der Waals surface area contributed by atoms with Crippen LogP contribution in [-0.2, 0) is 11.3 Å². The van der Waals surface area contributed by atoms with Crippen LogP contribution in [0.5, 0.6) is 0 Å². The van der Waals surface area contributed by atoms with Crippen molar-refractivity contribution < 1.29 is 9.26 Å². The smallest absolute Gasteiger partial charge is 0.255 e. The van der Waals surface area contributed by atoms with Crippen molar-refractivity contribution in [2.24, 2.45) is 5.92 Å². The van der Waals surface area contributed by atoms with Gasteiger partial charge in [0.1, 0.15) is 11.1 Å². The maximum atomic E-state index is 6.18. The molecule has 3 atom stereocenters. The number of nitrogens with zero attached hydrogens (tertiary/aromatic N) is 4. The first kappa shape index (κ1) is 14.3. The molecule has 0 aromatic carbocycles. The summed E-state index contributed by atoms with van der Waals surface area (Å²) in [7, 11) is 0. The normalized spacial score (nSPS) is 28.9. The van der Waals surface area contributed by atoms with E-state index in [2.05, 4.69) is 25.4 Å². The molecule has 2 aliphatic heterocycles. The summed E-state index contributed by atoms with van der Waals surface area (Å²) in [6.45, 7) is 6.89. The van der Waals surface area contributed by atoms with Crippen molar-refractivity contribution >= 4 is 11.3 Å². The van der Waals surface area contributed by atoms with Crippen LogP contribution in [0.3, 0.4) is 0 Å². The molecule has 4 heterocycles. The number of fused-ring (bicyclic) bond motifs is 1. The van der Waals surface area contributed by atoms with Gasteiger partial charge in [-0.2, -0.15) is 4.98 Å². The summed E-state index contributed by atoms with van der Waals surface area (Å²) in [5.74, 6) is 1.91. The molecule has 0 radical (unpaired) electrons. The molecule has 2 aromatic heterocycles. The zero-order chi connectivity index (χ0) is 15.1. The predicted octanol–water partition coefficient (Wildman–Crippen LogP) is 2.50. The third-order valence-corrected chi connectivity index (χ3v) is 5.43. The summed E-state index contributed by atoms with van der Waals surface area (Å²) in [5, 5.41) is 7.17. The van der Waals surface area contributed by atoms with Crippen LogP contribution in [0, 0.1) is 19.8 Å².